The van der Waals surface area contributed by atoms with Gasteiger partial charge in [0.1, 0.15) is 5.67 Å². The van der Waals surface area contributed by atoms with Crippen LogP contribution in [0.5, 0.6) is 0 Å². The summed E-state index contributed by atoms with van der Waals surface area (Å²) in [5.74, 6) is 0.190. The molecule has 2 atom stereocenters. The van der Waals surface area contributed by atoms with Gasteiger partial charge in [-0.2, -0.15) is 0 Å². The van der Waals surface area contributed by atoms with Gasteiger partial charge in [-0.25, -0.2) is 4.39 Å². The monoisotopic (exact) mass is 211 g/mol. The van der Waals surface area contributed by atoms with Gasteiger partial charge in [0.05, 0.1) is 0 Å². The Morgan fingerprint density at radius 3 is 2.87 bits per heavy atom. The SMILES string of the molecule is CC(F)(C1=CCCCC1)C1CCCNC1. The highest BCUT2D eigenvalue weighted by Crippen LogP contribution is 2.38. The van der Waals surface area contributed by atoms with Crippen molar-refractivity contribution < 1.29 is 4.39 Å². The third kappa shape index (κ3) is 2.41. The van der Waals surface area contributed by atoms with E-state index >= 15 is 0 Å². The Labute approximate surface area is 92.1 Å². The van der Waals surface area contributed by atoms with E-state index in [0.717, 1.165) is 44.3 Å². The van der Waals surface area contributed by atoms with E-state index in [1.54, 1.807) is 6.92 Å². The molecule has 15 heavy (non-hydrogen) atoms. The summed E-state index contributed by atoms with van der Waals surface area (Å²) in [6.07, 6.45) is 8.78. The lowest BCUT2D eigenvalue weighted by molar-refractivity contribution is 0.115. The summed E-state index contributed by atoms with van der Waals surface area (Å²) in [5, 5.41) is 3.31. The van der Waals surface area contributed by atoms with E-state index in [9.17, 15) is 4.39 Å². The van der Waals surface area contributed by atoms with Crippen molar-refractivity contribution in [2.75, 3.05) is 13.1 Å². The molecule has 1 saturated heterocycles. The van der Waals surface area contributed by atoms with Crippen LogP contribution in [-0.2, 0) is 0 Å². The average Bonchev–Trinajstić information content (AvgIpc) is 2.31. The highest BCUT2D eigenvalue weighted by molar-refractivity contribution is 5.19. The predicted octanol–water partition coefficient (Wildman–Crippen LogP) is 3.21. The van der Waals surface area contributed by atoms with E-state index in [-0.39, 0.29) is 5.92 Å². The minimum atomic E-state index is -1.06. The van der Waals surface area contributed by atoms with Crippen LogP contribution in [0, 0.1) is 5.92 Å². The highest BCUT2D eigenvalue weighted by Gasteiger charge is 2.38. The predicted molar refractivity (Wildman–Crippen MR) is 61.7 cm³/mol. The van der Waals surface area contributed by atoms with Gasteiger partial charge in [0.2, 0.25) is 0 Å². The van der Waals surface area contributed by atoms with E-state index in [0.29, 0.717) is 0 Å². The number of hydrogen-bond acceptors (Lipinski definition) is 1. The number of allylic oxidation sites excluding steroid dienone is 2. The standard InChI is InChI=1S/C13H22FN/c1-13(14,11-6-3-2-4-7-11)12-8-5-9-15-10-12/h6,12,15H,2-5,7-10H2,1H3. The van der Waals surface area contributed by atoms with Crippen molar-refractivity contribution in [3.8, 4) is 0 Å². The van der Waals surface area contributed by atoms with Crippen LogP contribution in [0.4, 0.5) is 4.39 Å². The molecule has 0 aromatic rings. The molecule has 86 valence electrons. The summed E-state index contributed by atoms with van der Waals surface area (Å²) < 4.78 is 14.8. The van der Waals surface area contributed by atoms with Crippen LogP contribution in [-0.4, -0.2) is 18.8 Å². The average molecular weight is 211 g/mol. The van der Waals surface area contributed by atoms with Gasteiger partial charge < -0.3 is 5.32 Å². The van der Waals surface area contributed by atoms with Crippen molar-refractivity contribution in [2.24, 2.45) is 5.92 Å². The van der Waals surface area contributed by atoms with Crippen molar-refractivity contribution in [3.05, 3.63) is 11.6 Å². The van der Waals surface area contributed by atoms with Crippen LogP contribution in [0.1, 0.15) is 45.4 Å². The Kier molecular flexibility index (Phi) is 3.45. The first kappa shape index (κ1) is 11.1. The Hall–Kier alpha value is -0.370. The van der Waals surface area contributed by atoms with Crippen LogP contribution in [0.2, 0.25) is 0 Å². The molecule has 2 heteroatoms. The van der Waals surface area contributed by atoms with Crippen LogP contribution in [0.25, 0.3) is 0 Å². The van der Waals surface area contributed by atoms with Crippen LogP contribution in [0.3, 0.4) is 0 Å². The molecule has 0 aromatic carbocycles. The molecule has 1 fully saturated rings. The maximum atomic E-state index is 14.8. The van der Waals surface area contributed by atoms with Crippen LogP contribution in [0.15, 0.2) is 11.6 Å². The molecule has 1 aliphatic carbocycles. The maximum Gasteiger partial charge on any atom is 0.133 e. The lowest BCUT2D eigenvalue weighted by atomic mass is 9.76. The molecule has 2 aliphatic rings. The summed E-state index contributed by atoms with van der Waals surface area (Å²) in [5.41, 5.74) is 0.0100. The summed E-state index contributed by atoms with van der Waals surface area (Å²) in [7, 11) is 0. The molecule has 0 amide bonds. The fraction of sp³-hybridized carbons (Fsp3) is 0.846. The van der Waals surface area contributed by atoms with Gasteiger partial charge in [0.25, 0.3) is 0 Å². The van der Waals surface area contributed by atoms with Gasteiger partial charge in [0, 0.05) is 12.5 Å². The van der Waals surface area contributed by atoms with E-state index in [1.165, 1.54) is 12.8 Å². The second-order valence-electron chi connectivity index (χ2n) is 5.09. The van der Waals surface area contributed by atoms with Crippen molar-refractivity contribution in [2.45, 2.75) is 51.1 Å². The molecule has 2 rings (SSSR count). The molecular formula is C13H22FN. The number of halogens is 1. The Morgan fingerprint density at radius 1 is 1.40 bits per heavy atom. The van der Waals surface area contributed by atoms with Crippen molar-refractivity contribution in [1.29, 1.82) is 0 Å². The van der Waals surface area contributed by atoms with Gasteiger partial charge in [-0.15, -0.1) is 0 Å². The first-order valence-corrected chi connectivity index (χ1v) is 6.30. The zero-order chi connectivity index (χ0) is 10.7. The van der Waals surface area contributed by atoms with Crippen molar-refractivity contribution >= 4 is 0 Å². The maximum absolute atomic E-state index is 14.8. The minimum absolute atomic E-state index is 0.190. The minimum Gasteiger partial charge on any atom is -0.316 e. The summed E-state index contributed by atoms with van der Waals surface area (Å²) in [6.45, 7) is 3.71. The largest absolute Gasteiger partial charge is 0.316 e. The van der Waals surface area contributed by atoms with Crippen molar-refractivity contribution in [1.82, 2.24) is 5.32 Å². The topological polar surface area (TPSA) is 12.0 Å². The van der Waals surface area contributed by atoms with Gasteiger partial charge in [-0.1, -0.05) is 6.08 Å². The number of alkyl halides is 1. The number of hydrogen-bond donors (Lipinski definition) is 1. The first-order chi connectivity index (χ1) is 7.21. The third-order valence-electron chi connectivity index (χ3n) is 3.98. The van der Waals surface area contributed by atoms with Gasteiger partial charge >= 0.3 is 0 Å². The fourth-order valence-corrected chi connectivity index (χ4v) is 2.86. The van der Waals surface area contributed by atoms with E-state index in [4.69, 9.17) is 0 Å². The molecule has 1 N–H and O–H groups in total. The lowest BCUT2D eigenvalue weighted by Crippen LogP contribution is -2.43. The summed E-state index contributed by atoms with van der Waals surface area (Å²) in [4.78, 5) is 0. The van der Waals surface area contributed by atoms with Crippen LogP contribution < -0.4 is 5.32 Å². The summed E-state index contributed by atoms with van der Waals surface area (Å²) in [6, 6.07) is 0. The van der Waals surface area contributed by atoms with E-state index < -0.39 is 5.67 Å². The van der Waals surface area contributed by atoms with Gasteiger partial charge in [0.15, 0.2) is 0 Å². The molecule has 1 aliphatic heterocycles. The van der Waals surface area contributed by atoms with E-state index in [1.807, 2.05) is 0 Å². The molecule has 0 aromatic heterocycles. The zero-order valence-electron chi connectivity index (χ0n) is 9.69. The zero-order valence-corrected chi connectivity index (χ0v) is 9.69. The first-order valence-electron chi connectivity index (χ1n) is 6.30. The Morgan fingerprint density at radius 2 is 2.27 bits per heavy atom. The number of nitrogens with one attached hydrogen (secondary N) is 1. The lowest BCUT2D eigenvalue weighted by Gasteiger charge is -2.36. The molecule has 1 nitrogen and oxygen atoms in total. The van der Waals surface area contributed by atoms with E-state index in [2.05, 4.69) is 11.4 Å². The molecule has 1 heterocycles. The smallest absolute Gasteiger partial charge is 0.133 e. The van der Waals surface area contributed by atoms with Gasteiger partial charge in [-0.3, -0.25) is 0 Å². The normalized spacial score (nSPS) is 31.9. The number of rotatable bonds is 2. The van der Waals surface area contributed by atoms with Crippen LogP contribution >= 0.6 is 0 Å². The second kappa shape index (κ2) is 4.65. The Bertz CT molecular complexity index is 239. The molecule has 0 spiro atoms. The third-order valence-corrected chi connectivity index (χ3v) is 3.98. The Balaban J connectivity index is 2.06. The second-order valence-corrected chi connectivity index (χ2v) is 5.09. The molecule has 0 radical (unpaired) electrons. The molecule has 0 bridgehead atoms. The molecular weight excluding hydrogens is 189 g/mol. The highest BCUT2D eigenvalue weighted by atomic mass is 19.1. The van der Waals surface area contributed by atoms with Gasteiger partial charge in [-0.05, 0) is 57.6 Å². The quantitative estimate of drug-likeness (QED) is 0.692. The van der Waals surface area contributed by atoms with Crippen molar-refractivity contribution in [3.63, 3.8) is 0 Å². The summed E-state index contributed by atoms with van der Waals surface area (Å²) >= 11 is 0. The number of piperidine rings is 1. The molecule has 0 saturated carbocycles. The fourth-order valence-electron chi connectivity index (χ4n) is 2.86. The molecule has 2 unspecified atom stereocenters.